The molecule has 2 N–H and O–H groups in total. The van der Waals surface area contributed by atoms with Crippen molar-refractivity contribution in [3.05, 3.63) is 6.33 Å². The fourth-order valence-corrected chi connectivity index (χ4v) is 5.57. The highest BCUT2D eigenvalue weighted by Gasteiger charge is 2.22. The molecule has 1 aliphatic carbocycles. The molecule has 35 heavy (non-hydrogen) atoms. The van der Waals surface area contributed by atoms with E-state index in [1.165, 1.54) is 19.3 Å². The van der Waals surface area contributed by atoms with Crippen molar-refractivity contribution in [2.75, 3.05) is 49.9 Å². The van der Waals surface area contributed by atoms with E-state index in [2.05, 4.69) is 15.2 Å². The van der Waals surface area contributed by atoms with Crippen LogP contribution in [0.2, 0.25) is 0 Å². The minimum atomic E-state index is 0.265. The zero-order chi connectivity index (χ0) is 24.0. The number of hydrogen-bond donors (Lipinski definition) is 2. The summed E-state index contributed by atoms with van der Waals surface area (Å²) in [7, 11) is 0. The molecule has 3 fully saturated rings. The minimum Gasteiger partial charge on any atom is -0.368 e. The smallest absolute Gasteiger partial charge is 0.226 e. The Balaban J connectivity index is 1.26. The molecule has 4 heterocycles. The van der Waals surface area contributed by atoms with E-state index in [1.807, 2.05) is 16.1 Å². The van der Waals surface area contributed by atoms with E-state index in [-0.39, 0.29) is 11.8 Å². The van der Waals surface area contributed by atoms with Crippen molar-refractivity contribution in [1.82, 2.24) is 29.3 Å². The average molecular weight is 483 g/mol. The monoisotopic (exact) mass is 482 g/mol. The Labute approximate surface area is 206 Å². The Morgan fingerprint density at radius 1 is 0.829 bits per heavy atom. The molecule has 10 heteroatoms. The zero-order valence-corrected chi connectivity index (χ0v) is 20.7. The number of rotatable bonds is 11. The lowest BCUT2D eigenvalue weighted by molar-refractivity contribution is -0.128. The molecule has 0 bridgehead atoms. The molecule has 0 unspecified atom stereocenters. The van der Waals surface area contributed by atoms with Crippen LogP contribution in [0.4, 0.5) is 11.8 Å². The summed E-state index contributed by atoms with van der Waals surface area (Å²) in [4.78, 5) is 42.0. The highest BCUT2D eigenvalue weighted by Crippen LogP contribution is 2.32. The van der Waals surface area contributed by atoms with Crippen molar-refractivity contribution in [2.45, 2.75) is 76.7 Å². The summed E-state index contributed by atoms with van der Waals surface area (Å²) in [5.41, 5.74) is 1.68. The second-order valence-electron chi connectivity index (χ2n) is 10.0. The second kappa shape index (κ2) is 11.2. The van der Waals surface area contributed by atoms with Crippen LogP contribution in [0, 0.1) is 0 Å². The summed E-state index contributed by atoms with van der Waals surface area (Å²) >= 11 is 0. The second-order valence-corrected chi connectivity index (χ2v) is 10.0. The summed E-state index contributed by atoms with van der Waals surface area (Å²) in [6, 6.07) is 0.437. The van der Waals surface area contributed by atoms with E-state index >= 15 is 0 Å². The number of nitrogens with zero attached hydrogens (tertiary/aromatic N) is 6. The number of fused-ring (bicyclic) bond motifs is 1. The van der Waals surface area contributed by atoms with Gasteiger partial charge in [-0.3, -0.25) is 9.59 Å². The third-order valence-electron chi connectivity index (χ3n) is 7.52. The number of carbonyl (C=O) groups is 2. The third kappa shape index (κ3) is 5.67. The van der Waals surface area contributed by atoms with Crippen LogP contribution in [-0.2, 0) is 9.59 Å². The fourth-order valence-electron chi connectivity index (χ4n) is 5.57. The van der Waals surface area contributed by atoms with Gasteiger partial charge in [0.25, 0.3) is 0 Å². The Morgan fingerprint density at radius 3 is 2.11 bits per heavy atom. The van der Waals surface area contributed by atoms with Gasteiger partial charge in [0.2, 0.25) is 17.8 Å². The SMILES string of the molecule is O=C1CCCN1CCCNc1nc(NCCCN2CCCC2=O)c2ncn(C3CCCCC3)c2n1. The van der Waals surface area contributed by atoms with Crippen LogP contribution in [0.15, 0.2) is 6.33 Å². The first-order valence-electron chi connectivity index (χ1n) is 13.5. The zero-order valence-electron chi connectivity index (χ0n) is 20.7. The van der Waals surface area contributed by atoms with Crippen LogP contribution in [-0.4, -0.2) is 80.4 Å². The Bertz CT molecular complexity index is 1030. The molecule has 2 aromatic rings. The van der Waals surface area contributed by atoms with Gasteiger partial charge in [0, 0.05) is 58.2 Å². The van der Waals surface area contributed by atoms with Gasteiger partial charge in [-0.25, -0.2) is 4.98 Å². The van der Waals surface area contributed by atoms with Crippen LogP contribution in [0.3, 0.4) is 0 Å². The fraction of sp³-hybridized carbons (Fsp3) is 0.720. The first-order valence-corrected chi connectivity index (χ1v) is 13.5. The molecular weight excluding hydrogens is 444 g/mol. The van der Waals surface area contributed by atoms with E-state index in [0.717, 1.165) is 88.2 Å². The lowest BCUT2D eigenvalue weighted by Crippen LogP contribution is -2.27. The Hall–Kier alpha value is -2.91. The van der Waals surface area contributed by atoms with E-state index in [4.69, 9.17) is 15.0 Å². The number of hydrogen-bond acceptors (Lipinski definition) is 7. The number of carbonyl (C=O) groups excluding carboxylic acids is 2. The lowest BCUT2D eigenvalue weighted by Gasteiger charge is -2.23. The highest BCUT2D eigenvalue weighted by molar-refractivity contribution is 5.84. The lowest BCUT2D eigenvalue weighted by atomic mass is 9.95. The van der Waals surface area contributed by atoms with Crippen molar-refractivity contribution in [3.63, 3.8) is 0 Å². The Morgan fingerprint density at radius 2 is 1.49 bits per heavy atom. The summed E-state index contributed by atoms with van der Waals surface area (Å²) < 4.78 is 2.23. The van der Waals surface area contributed by atoms with E-state index in [0.29, 0.717) is 31.4 Å². The van der Waals surface area contributed by atoms with Crippen molar-refractivity contribution in [3.8, 4) is 0 Å². The highest BCUT2D eigenvalue weighted by atomic mass is 16.2. The van der Waals surface area contributed by atoms with Crippen molar-refractivity contribution >= 4 is 34.7 Å². The van der Waals surface area contributed by atoms with E-state index < -0.39 is 0 Å². The van der Waals surface area contributed by atoms with Gasteiger partial charge >= 0.3 is 0 Å². The molecule has 2 amide bonds. The van der Waals surface area contributed by atoms with Gasteiger partial charge in [-0.05, 0) is 38.5 Å². The number of amides is 2. The molecule has 190 valence electrons. The maximum Gasteiger partial charge on any atom is 0.226 e. The normalized spacial score (nSPS) is 19.3. The molecule has 1 saturated carbocycles. The molecule has 2 saturated heterocycles. The largest absolute Gasteiger partial charge is 0.368 e. The van der Waals surface area contributed by atoms with E-state index in [9.17, 15) is 9.59 Å². The first kappa shape index (κ1) is 23.8. The molecule has 0 spiro atoms. The number of aromatic nitrogens is 4. The molecule has 0 aromatic carbocycles. The van der Waals surface area contributed by atoms with Gasteiger partial charge in [0.15, 0.2) is 17.0 Å². The Kier molecular flexibility index (Phi) is 7.63. The van der Waals surface area contributed by atoms with Crippen molar-refractivity contribution < 1.29 is 9.59 Å². The van der Waals surface area contributed by atoms with E-state index in [1.54, 1.807) is 0 Å². The first-order chi connectivity index (χ1) is 17.2. The molecular formula is C25H38N8O2. The summed E-state index contributed by atoms with van der Waals surface area (Å²) in [6.07, 6.45) is 13.1. The molecule has 0 atom stereocenters. The van der Waals surface area contributed by atoms with Gasteiger partial charge in [0.1, 0.15) is 0 Å². The standard InChI is InChI=1S/C25H38N8O2/c34-20-10-4-14-31(20)16-6-12-26-23-22-24(33(18-28-22)19-8-2-1-3-9-19)30-25(29-23)27-13-7-17-32-15-5-11-21(32)35/h18-19H,1-17H2,(H2,26,27,29,30). The van der Waals surface area contributed by atoms with Gasteiger partial charge in [-0.1, -0.05) is 19.3 Å². The topological polar surface area (TPSA) is 108 Å². The summed E-state index contributed by atoms with van der Waals surface area (Å²) in [5, 5.41) is 6.85. The number of nitrogens with one attached hydrogen (secondary N) is 2. The predicted molar refractivity (Wildman–Crippen MR) is 135 cm³/mol. The van der Waals surface area contributed by atoms with Crippen molar-refractivity contribution in [2.24, 2.45) is 0 Å². The minimum absolute atomic E-state index is 0.265. The number of imidazole rings is 1. The molecule has 2 aliphatic heterocycles. The molecule has 2 aromatic heterocycles. The summed E-state index contributed by atoms with van der Waals surface area (Å²) in [6.45, 7) is 4.73. The molecule has 10 nitrogen and oxygen atoms in total. The molecule has 5 rings (SSSR count). The maximum atomic E-state index is 11.9. The van der Waals surface area contributed by atoms with Crippen LogP contribution < -0.4 is 10.6 Å². The van der Waals surface area contributed by atoms with Crippen LogP contribution >= 0.6 is 0 Å². The average Bonchev–Trinajstić information content (AvgIpc) is 3.60. The quantitative estimate of drug-likeness (QED) is 0.474. The number of anilines is 2. The van der Waals surface area contributed by atoms with Gasteiger partial charge in [0.05, 0.1) is 6.33 Å². The van der Waals surface area contributed by atoms with Crippen LogP contribution in [0.1, 0.15) is 76.7 Å². The van der Waals surface area contributed by atoms with Crippen molar-refractivity contribution in [1.29, 1.82) is 0 Å². The molecule has 3 aliphatic rings. The predicted octanol–water partition coefficient (Wildman–Crippen LogP) is 3.18. The summed E-state index contributed by atoms with van der Waals surface area (Å²) in [5.74, 6) is 1.87. The van der Waals surface area contributed by atoms with Gasteiger partial charge < -0.3 is 25.0 Å². The maximum absolute atomic E-state index is 11.9. The van der Waals surface area contributed by atoms with Gasteiger partial charge in [-0.15, -0.1) is 0 Å². The third-order valence-corrected chi connectivity index (χ3v) is 7.52. The number of likely N-dealkylation sites (tertiary alicyclic amines) is 2. The van der Waals surface area contributed by atoms with Crippen LogP contribution in [0.25, 0.3) is 11.2 Å². The van der Waals surface area contributed by atoms with Gasteiger partial charge in [-0.2, -0.15) is 9.97 Å². The molecule has 0 radical (unpaired) electrons. The van der Waals surface area contributed by atoms with Crippen LogP contribution in [0.5, 0.6) is 0 Å².